The average Bonchev–Trinajstić information content (AvgIpc) is 2.40. The molecule has 0 heterocycles. The molecule has 0 nitrogen and oxygen atoms in total. The third-order valence-electron chi connectivity index (χ3n) is 2.79. The fourth-order valence-corrected chi connectivity index (χ4v) is 2.19. The summed E-state index contributed by atoms with van der Waals surface area (Å²) in [5.41, 5.74) is 4.61. The summed E-state index contributed by atoms with van der Waals surface area (Å²) in [6.45, 7) is 8.95. The summed E-state index contributed by atoms with van der Waals surface area (Å²) < 4.78 is 0. The number of hydrogen-bond donors (Lipinski definition) is 0. The summed E-state index contributed by atoms with van der Waals surface area (Å²) in [5, 5.41) is 0. The molecule has 1 radical (unpaired) electrons. The second-order valence-corrected chi connectivity index (χ2v) is 3.44. The molecule has 67 valence electrons. The normalized spacial score (nSPS) is 23.3. The van der Waals surface area contributed by atoms with Gasteiger partial charge >= 0.3 is 0 Å². The van der Waals surface area contributed by atoms with Crippen molar-refractivity contribution in [2.24, 2.45) is 5.92 Å². The van der Waals surface area contributed by atoms with Crippen LogP contribution in [0.5, 0.6) is 0 Å². The lowest BCUT2D eigenvalue weighted by atomic mass is 9.95. The maximum Gasteiger partial charge on any atom is 0.00571 e. The molecule has 12 heavy (non-hydrogen) atoms. The highest BCUT2D eigenvalue weighted by molar-refractivity contribution is 5.40. The summed E-state index contributed by atoms with van der Waals surface area (Å²) in [6.07, 6.45) is 7.14. The first-order chi connectivity index (χ1) is 5.74. The second-order valence-electron chi connectivity index (χ2n) is 3.44. The van der Waals surface area contributed by atoms with Gasteiger partial charge in [0.1, 0.15) is 0 Å². The largest absolute Gasteiger partial charge is 0.0645 e. The van der Waals surface area contributed by atoms with Crippen molar-refractivity contribution in [3.8, 4) is 0 Å². The van der Waals surface area contributed by atoms with Crippen LogP contribution in [0, 0.1) is 12.0 Å². The van der Waals surface area contributed by atoms with Gasteiger partial charge in [0.15, 0.2) is 0 Å². The maximum atomic E-state index is 3.55. The zero-order valence-electron chi connectivity index (χ0n) is 8.70. The van der Waals surface area contributed by atoms with Crippen molar-refractivity contribution in [2.45, 2.75) is 47.0 Å². The van der Waals surface area contributed by atoms with Crippen LogP contribution in [0.3, 0.4) is 0 Å². The molecule has 1 aliphatic carbocycles. The van der Waals surface area contributed by atoms with Gasteiger partial charge in [-0.1, -0.05) is 26.3 Å². The van der Waals surface area contributed by atoms with Crippen LogP contribution in [-0.4, -0.2) is 0 Å². The van der Waals surface area contributed by atoms with Crippen LogP contribution < -0.4 is 0 Å². The number of rotatable bonds is 3. The monoisotopic (exact) mass is 163 g/mol. The fourth-order valence-electron chi connectivity index (χ4n) is 2.19. The van der Waals surface area contributed by atoms with Gasteiger partial charge in [0.25, 0.3) is 0 Å². The predicted molar refractivity (Wildman–Crippen MR) is 53.8 cm³/mol. The third-order valence-corrected chi connectivity index (χ3v) is 2.79. The molecule has 0 aromatic carbocycles. The predicted octanol–water partition coefficient (Wildman–Crippen LogP) is 3.89. The van der Waals surface area contributed by atoms with E-state index < -0.39 is 0 Å². The summed E-state index contributed by atoms with van der Waals surface area (Å²) in [6, 6.07) is 0. The molecule has 0 aliphatic heterocycles. The Labute approximate surface area is 76.4 Å². The molecule has 0 bridgehead atoms. The van der Waals surface area contributed by atoms with Crippen LogP contribution in [0.2, 0.25) is 0 Å². The Kier molecular flexibility index (Phi) is 3.13. The molecule has 0 spiro atoms. The zero-order valence-corrected chi connectivity index (χ0v) is 8.70. The van der Waals surface area contributed by atoms with Crippen molar-refractivity contribution in [1.29, 1.82) is 0 Å². The molecule has 1 rings (SSSR count). The lowest BCUT2D eigenvalue weighted by Gasteiger charge is -2.10. The van der Waals surface area contributed by atoms with Crippen LogP contribution in [-0.2, 0) is 0 Å². The molecule has 0 amide bonds. The van der Waals surface area contributed by atoms with Crippen molar-refractivity contribution >= 4 is 0 Å². The third kappa shape index (κ3) is 1.48. The molecular formula is C12H19. The SMILES string of the molecule is CCC1=C(CC)C(CC)[C]=C1C. The van der Waals surface area contributed by atoms with E-state index in [1.54, 1.807) is 11.1 Å². The van der Waals surface area contributed by atoms with Crippen LogP contribution in [0.4, 0.5) is 0 Å². The second kappa shape index (κ2) is 3.93. The molecule has 0 saturated carbocycles. The maximum absolute atomic E-state index is 3.55. The summed E-state index contributed by atoms with van der Waals surface area (Å²) in [4.78, 5) is 0. The van der Waals surface area contributed by atoms with Crippen molar-refractivity contribution in [1.82, 2.24) is 0 Å². The molecule has 0 aromatic rings. The highest BCUT2D eigenvalue weighted by Crippen LogP contribution is 2.35. The minimum Gasteiger partial charge on any atom is -0.0645 e. The Morgan fingerprint density at radius 3 is 2.25 bits per heavy atom. The highest BCUT2D eigenvalue weighted by atomic mass is 14.2. The van der Waals surface area contributed by atoms with Crippen molar-refractivity contribution in [2.75, 3.05) is 0 Å². The van der Waals surface area contributed by atoms with E-state index in [1.165, 1.54) is 24.8 Å². The highest BCUT2D eigenvalue weighted by Gasteiger charge is 2.20. The van der Waals surface area contributed by atoms with E-state index in [1.807, 2.05) is 0 Å². The van der Waals surface area contributed by atoms with E-state index in [9.17, 15) is 0 Å². The lowest BCUT2D eigenvalue weighted by molar-refractivity contribution is 0.689. The first-order valence-corrected chi connectivity index (χ1v) is 5.06. The van der Waals surface area contributed by atoms with Crippen LogP contribution in [0.1, 0.15) is 47.0 Å². The van der Waals surface area contributed by atoms with Crippen LogP contribution in [0.25, 0.3) is 0 Å². The lowest BCUT2D eigenvalue weighted by Crippen LogP contribution is -1.96. The Balaban J connectivity index is 2.93. The molecule has 1 aliphatic rings. The zero-order chi connectivity index (χ0) is 9.14. The molecule has 0 heteroatoms. The minimum absolute atomic E-state index is 0.630. The average molecular weight is 163 g/mol. The van der Waals surface area contributed by atoms with Gasteiger partial charge in [0.2, 0.25) is 0 Å². The molecule has 0 aromatic heterocycles. The fraction of sp³-hybridized carbons (Fsp3) is 0.667. The number of allylic oxidation sites excluding steroid dienone is 4. The van der Waals surface area contributed by atoms with E-state index in [2.05, 4.69) is 33.8 Å². The van der Waals surface area contributed by atoms with Gasteiger partial charge in [0.05, 0.1) is 0 Å². The van der Waals surface area contributed by atoms with E-state index in [-0.39, 0.29) is 0 Å². The smallest absolute Gasteiger partial charge is 0.00571 e. The van der Waals surface area contributed by atoms with E-state index >= 15 is 0 Å². The van der Waals surface area contributed by atoms with Gasteiger partial charge in [-0.15, -0.1) is 0 Å². The summed E-state index contributed by atoms with van der Waals surface area (Å²) >= 11 is 0. The quantitative estimate of drug-likeness (QED) is 0.592. The van der Waals surface area contributed by atoms with Crippen LogP contribution >= 0.6 is 0 Å². The first kappa shape index (κ1) is 9.57. The first-order valence-electron chi connectivity index (χ1n) is 5.06. The van der Waals surface area contributed by atoms with Gasteiger partial charge < -0.3 is 0 Å². The summed E-state index contributed by atoms with van der Waals surface area (Å²) in [7, 11) is 0. The number of hydrogen-bond acceptors (Lipinski definition) is 0. The Morgan fingerprint density at radius 2 is 1.83 bits per heavy atom. The molecule has 0 saturated heterocycles. The van der Waals surface area contributed by atoms with Crippen molar-refractivity contribution in [3.05, 3.63) is 22.8 Å². The Bertz CT molecular complexity index is 218. The van der Waals surface area contributed by atoms with Gasteiger partial charge in [-0.05, 0) is 43.4 Å². The Hall–Kier alpha value is -0.520. The van der Waals surface area contributed by atoms with Crippen LogP contribution in [0.15, 0.2) is 16.7 Å². The van der Waals surface area contributed by atoms with E-state index in [4.69, 9.17) is 0 Å². The molecule has 0 N–H and O–H groups in total. The Morgan fingerprint density at radius 1 is 1.17 bits per heavy atom. The molecular weight excluding hydrogens is 144 g/mol. The molecule has 1 unspecified atom stereocenters. The molecule has 0 fully saturated rings. The summed E-state index contributed by atoms with van der Waals surface area (Å²) in [5.74, 6) is 0.630. The van der Waals surface area contributed by atoms with E-state index in [0.29, 0.717) is 5.92 Å². The van der Waals surface area contributed by atoms with Gasteiger partial charge in [0, 0.05) is 5.92 Å². The molecule has 1 atom stereocenters. The van der Waals surface area contributed by atoms with Gasteiger partial charge in [-0.3, -0.25) is 0 Å². The van der Waals surface area contributed by atoms with Crippen molar-refractivity contribution in [3.63, 3.8) is 0 Å². The minimum atomic E-state index is 0.630. The van der Waals surface area contributed by atoms with E-state index in [0.717, 1.165) is 0 Å². The van der Waals surface area contributed by atoms with Crippen molar-refractivity contribution < 1.29 is 0 Å². The van der Waals surface area contributed by atoms with Gasteiger partial charge in [-0.2, -0.15) is 0 Å². The standard InChI is InChI=1S/C12H19/c1-5-10-8-9(4)11(6-2)12(10)7-3/h10H,5-7H2,1-4H3. The van der Waals surface area contributed by atoms with Gasteiger partial charge in [-0.25, -0.2) is 0 Å². The topological polar surface area (TPSA) is 0 Å².